The predicted octanol–water partition coefficient (Wildman–Crippen LogP) is 5.88. The van der Waals surface area contributed by atoms with E-state index < -0.39 is 0 Å². The van der Waals surface area contributed by atoms with Crippen molar-refractivity contribution in [2.45, 2.75) is 57.5 Å². The van der Waals surface area contributed by atoms with E-state index in [1.165, 1.54) is 12.8 Å². The van der Waals surface area contributed by atoms with Crippen LogP contribution >= 0.6 is 35.6 Å². The molecule has 1 heterocycles. The van der Waals surface area contributed by atoms with Crippen molar-refractivity contribution in [3.63, 3.8) is 0 Å². The van der Waals surface area contributed by atoms with E-state index in [1.54, 1.807) is 19.1 Å². The van der Waals surface area contributed by atoms with Crippen LogP contribution in [0.4, 0.5) is 0 Å². The van der Waals surface area contributed by atoms with Crippen LogP contribution < -0.4 is 4.74 Å². The maximum absolute atomic E-state index is 13.4. The number of nitrogens with zero attached hydrogens (tertiary/aromatic N) is 2. The number of esters is 1. The molecule has 1 saturated heterocycles. The summed E-state index contributed by atoms with van der Waals surface area (Å²) in [5.41, 5.74) is 2.94. The Morgan fingerprint density at radius 1 is 1.12 bits per heavy atom. The summed E-state index contributed by atoms with van der Waals surface area (Å²) >= 11 is 12.2. The average molecular weight is 526 g/mol. The van der Waals surface area contributed by atoms with Gasteiger partial charge >= 0.3 is 5.97 Å². The highest BCUT2D eigenvalue weighted by Crippen LogP contribution is 2.41. The first-order valence-corrected chi connectivity index (χ1v) is 12.4. The molecule has 1 aliphatic carbocycles. The van der Waals surface area contributed by atoms with Gasteiger partial charge in [-0.25, -0.2) is 0 Å². The lowest BCUT2D eigenvalue weighted by atomic mass is 9.81. The number of halogens is 3. The summed E-state index contributed by atoms with van der Waals surface area (Å²) in [5, 5.41) is 0.927. The van der Waals surface area contributed by atoms with Gasteiger partial charge in [-0.1, -0.05) is 48.3 Å². The zero-order chi connectivity index (χ0) is 23.5. The number of hydrogen-bond donors (Lipinski definition) is 0. The number of amides is 1. The molecule has 0 spiro atoms. The van der Waals surface area contributed by atoms with Gasteiger partial charge in [0.05, 0.1) is 22.5 Å². The van der Waals surface area contributed by atoms with Gasteiger partial charge in [0.1, 0.15) is 5.75 Å². The van der Waals surface area contributed by atoms with Crippen LogP contribution in [0, 0.1) is 0 Å². The van der Waals surface area contributed by atoms with Gasteiger partial charge in [-0.05, 0) is 68.1 Å². The zero-order valence-electron chi connectivity index (χ0n) is 19.6. The molecule has 2 aliphatic rings. The van der Waals surface area contributed by atoms with Gasteiger partial charge in [0, 0.05) is 25.1 Å². The molecule has 0 N–H and O–H groups in total. The van der Waals surface area contributed by atoms with Crippen LogP contribution in [0.15, 0.2) is 36.4 Å². The van der Waals surface area contributed by atoms with Crippen LogP contribution in [0.2, 0.25) is 10.0 Å². The second-order valence-electron chi connectivity index (χ2n) is 8.88. The van der Waals surface area contributed by atoms with E-state index in [9.17, 15) is 9.59 Å². The second kappa shape index (κ2) is 11.8. The minimum absolute atomic E-state index is 0. The van der Waals surface area contributed by atoms with Crippen LogP contribution in [0.3, 0.4) is 0 Å². The fraction of sp³-hybridized carbons (Fsp3) is 0.462. The van der Waals surface area contributed by atoms with Crippen LogP contribution in [0.1, 0.15) is 55.3 Å². The van der Waals surface area contributed by atoms with Gasteiger partial charge in [-0.15, -0.1) is 12.4 Å². The quantitative estimate of drug-likeness (QED) is 0.349. The van der Waals surface area contributed by atoms with E-state index in [0.717, 1.165) is 42.6 Å². The summed E-state index contributed by atoms with van der Waals surface area (Å²) in [4.78, 5) is 29.8. The third-order valence-corrected chi connectivity index (χ3v) is 7.55. The van der Waals surface area contributed by atoms with Crippen molar-refractivity contribution < 1.29 is 14.3 Å². The van der Waals surface area contributed by atoms with Crippen LogP contribution in [-0.4, -0.2) is 47.9 Å². The van der Waals surface area contributed by atoms with Gasteiger partial charge in [-0.3, -0.25) is 14.5 Å². The fourth-order valence-electron chi connectivity index (χ4n) is 5.10. The third kappa shape index (κ3) is 5.71. The Balaban J connectivity index is 0.00000324. The fourth-order valence-corrected chi connectivity index (χ4v) is 5.42. The van der Waals surface area contributed by atoms with E-state index in [-0.39, 0.29) is 42.8 Å². The Labute approximate surface area is 217 Å². The Kier molecular flexibility index (Phi) is 9.27. The number of benzene rings is 2. The molecule has 2 aromatic carbocycles. The minimum Gasteiger partial charge on any atom is -0.426 e. The molecule has 184 valence electrons. The van der Waals surface area contributed by atoms with Crippen LogP contribution in [-0.2, 0) is 22.4 Å². The molecule has 0 saturated carbocycles. The predicted molar refractivity (Wildman–Crippen MR) is 138 cm³/mol. The van der Waals surface area contributed by atoms with Crippen molar-refractivity contribution in [2.24, 2.45) is 0 Å². The molecule has 1 aliphatic heterocycles. The van der Waals surface area contributed by atoms with Gasteiger partial charge in [0.15, 0.2) is 0 Å². The maximum atomic E-state index is 13.4. The van der Waals surface area contributed by atoms with Crippen molar-refractivity contribution in [1.82, 2.24) is 9.80 Å². The summed E-state index contributed by atoms with van der Waals surface area (Å²) < 4.78 is 5.65. The highest BCUT2D eigenvalue weighted by molar-refractivity contribution is 6.42. The monoisotopic (exact) mass is 524 g/mol. The Hall–Kier alpha value is -1.79. The summed E-state index contributed by atoms with van der Waals surface area (Å²) in [5.74, 6) is 0.395. The van der Waals surface area contributed by atoms with Crippen molar-refractivity contribution in [3.8, 4) is 5.75 Å². The van der Waals surface area contributed by atoms with Gasteiger partial charge < -0.3 is 9.64 Å². The summed E-state index contributed by atoms with van der Waals surface area (Å²) in [6.45, 7) is 3.89. The number of ether oxygens (including phenoxy) is 1. The van der Waals surface area contributed by atoms with E-state index in [2.05, 4.69) is 11.0 Å². The molecule has 2 aromatic rings. The van der Waals surface area contributed by atoms with Crippen molar-refractivity contribution in [2.75, 3.05) is 20.1 Å². The van der Waals surface area contributed by atoms with Gasteiger partial charge in [0.25, 0.3) is 0 Å². The number of rotatable bonds is 6. The van der Waals surface area contributed by atoms with Crippen molar-refractivity contribution in [3.05, 3.63) is 63.1 Å². The largest absolute Gasteiger partial charge is 0.426 e. The Morgan fingerprint density at radius 3 is 2.53 bits per heavy atom. The van der Waals surface area contributed by atoms with Crippen molar-refractivity contribution >= 4 is 47.5 Å². The maximum Gasteiger partial charge on any atom is 0.310 e. The van der Waals surface area contributed by atoms with E-state index >= 15 is 0 Å². The standard InChI is InChI=1S/C26H30Cl2N2O3.ClH/c1-3-25(32)33-23-8-6-7-19-18(23)10-12-22(30-13-4-5-14-30)26(19)29(2)24(31)16-17-9-11-20(27)21(28)15-17;/h6-9,11,15,22,26H,3-5,10,12-14,16H2,1-2H3;1H. The summed E-state index contributed by atoms with van der Waals surface area (Å²) in [7, 11) is 1.88. The highest BCUT2D eigenvalue weighted by Gasteiger charge is 2.39. The number of carbonyl (C=O) groups excluding carboxylic acids is 2. The van der Waals surface area contributed by atoms with E-state index in [0.29, 0.717) is 22.2 Å². The molecule has 34 heavy (non-hydrogen) atoms. The lowest BCUT2D eigenvalue weighted by molar-refractivity contribution is -0.135. The number of carbonyl (C=O) groups is 2. The molecule has 0 radical (unpaired) electrons. The summed E-state index contributed by atoms with van der Waals surface area (Å²) in [6, 6.07) is 11.3. The number of likely N-dealkylation sites (tertiary alicyclic amines) is 1. The molecule has 1 fully saturated rings. The van der Waals surface area contributed by atoms with E-state index in [1.807, 2.05) is 30.1 Å². The topological polar surface area (TPSA) is 49.9 Å². The molecular weight excluding hydrogens is 495 g/mol. The Bertz CT molecular complexity index is 1040. The third-order valence-electron chi connectivity index (χ3n) is 6.81. The lowest BCUT2D eigenvalue weighted by Gasteiger charge is -2.44. The Morgan fingerprint density at radius 2 is 1.85 bits per heavy atom. The second-order valence-corrected chi connectivity index (χ2v) is 9.69. The smallest absolute Gasteiger partial charge is 0.310 e. The number of fused-ring (bicyclic) bond motifs is 1. The summed E-state index contributed by atoms with van der Waals surface area (Å²) in [6.07, 6.45) is 4.69. The number of likely N-dealkylation sites (N-methyl/N-ethyl adjacent to an activating group) is 1. The minimum atomic E-state index is -0.245. The molecule has 8 heteroatoms. The zero-order valence-corrected chi connectivity index (χ0v) is 21.9. The first-order valence-electron chi connectivity index (χ1n) is 11.6. The SMILES string of the molecule is CCC(=O)Oc1cccc2c1CCC(N1CCCC1)C2N(C)C(=O)Cc1ccc(Cl)c(Cl)c1.Cl. The first kappa shape index (κ1) is 26.8. The number of hydrogen-bond acceptors (Lipinski definition) is 4. The molecular formula is C26H31Cl3N2O3. The van der Waals surface area contributed by atoms with Crippen LogP contribution in [0.5, 0.6) is 5.75 Å². The average Bonchev–Trinajstić information content (AvgIpc) is 3.35. The van der Waals surface area contributed by atoms with Crippen molar-refractivity contribution in [1.29, 1.82) is 0 Å². The molecule has 0 bridgehead atoms. The van der Waals surface area contributed by atoms with Gasteiger partial charge in [0.2, 0.25) is 5.91 Å². The van der Waals surface area contributed by atoms with E-state index in [4.69, 9.17) is 27.9 Å². The molecule has 1 amide bonds. The van der Waals surface area contributed by atoms with Gasteiger partial charge in [-0.2, -0.15) is 0 Å². The molecule has 4 rings (SSSR count). The van der Waals surface area contributed by atoms with Crippen LogP contribution in [0.25, 0.3) is 0 Å². The molecule has 5 nitrogen and oxygen atoms in total. The molecule has 2 unspecified atom stereocenters. The lowest BCUT2D eigenvalue weighted by Crippen LogP contribution is -2.48. The molecule has 2 atom stereocenters. The normalized spacial score (nSPS) is 19.8. The first-order chi connectivity index (χ1) is 15.9. The molecule has 0 aromatic heterocycles. The highest BCUT2D eigenvalue weighted by atomic mass is 35.5.